The van der Waals surface area contributed by atoms with Gasteiger partial charge in [0.05, 0.1) is 27.0 Å². The minimum Gasteiger partial charge on any atom is -0.375 e. The Kier molecular flexibility index (Phi) is 5.61. The third-order valence-electron chi connectivity index (χ3n) is 5.70. The molecular formula is C25H17N5O5S2. The van der Waals surface area contributed by atoms with Crippen LogP contribution in [0.25, 0.3) is 15.9 Å². The zero-order valence-corrected chi connectivity index (χ0v) is 20.9. The number of carbonyl (C=O) groups excluding carboxylic acids is 3. The molecule has 37 heavy (non-hydrogen) atoms. The normalized spacial score (nSPS) is 13.1. The lowest BCUT2D eigenvalue weighted by atomic mass is 10.1. The number of hydrogen-bond acceptors (Lipinski definition) is 9. The Hall–Kier alpha value is -4.29. The summed E-state index contributed by atoms with van der Waals surface area (Å²) >= 11 is 2.90. The first-order valence-corrected chi connectivity index (χ1v) is 12.9. The third kappa shape index (κ3) is 4.30. The molecule has 0 radical (unpaired) electrons. The van der Waals surface area contributed by atoms with Crippen LogP contribution in [-0.2, 0) is 10.5 Å². The van der Waals surface area contributed by atoms with E-state index < -0.39 is 17.7 Å². The number of nitrogens with zero attached hydrogens (tertiary/aromatic N) is 4. The zero-order valence-electron chi connectivity index (χ0n) is 19.3. The van der Waals surface area contributed by atoms with Gasteiger partial charge in [0.1, 0.15) is 12.3 Å². The molecule has 0 saturated carbocycles. The number of amides is 3. The summed E-state index contributed by atoms with van der Waals surface area (Å²) in [5, 5.41) is 2.75. The van der Waals surface area contributed by atoms with E-state index in [1.54, 1.807) is 55.5 Å². The summed E-state index contributed by atoms with van der Waals surface area (Å²) in [4.78, 5) is 59.9. The number of aromatic nitrogens is 3. The van der Waals surface area contributed by atoms with E-state index in [2.05, 4.69) is 15.3 Å². The second-order valence-corrected chi connectivity index (χ2v) is 10.6. The summed E-state index contributed by atoms with van der Waals surface area (Å²) in [5.74, 6) is -0.369. The average molecular weight is 532 g/mol. The van der Waals surface area contributed by atoms with Crippen LogP contribution in [0.15, 0.2) is 68.3 Å². The van der Waals surface area contributed by atoms with Gasteiger partial charge in [0, 0.05) is 23.6 Å². The number of aryl methyl sites for hydroxylation is 1. The number of carbonyl (C=O) groups is 3. The van der Waals surface area contributed by atoms with Crippen molar-refractivity contribution in [3.63, 3.8) is 0 Å². The highest BCUT2D eigenvalue weighted by Gasteiger charge is 2.36. The largest absolute Gasteiger partial charge is 0.375 e. The van der Waals surface area contributed by atoms with E-state index in [1.165, 1.54) is 29.2 Å². The number of benzene rings is 2. The molecule has 6 rings (SSSR count). The first-order chi connectivity index (χ1) is 17.9. The molecule has 0 spiro atoms. The average Bonchev–Trinajstić information content (AvgIpc) is 3.53. The van der Waals surface area contributed by atoms with Gasteiger partial charge in [0.15, 0.2) is 9.99 Å². The molecular weight excluding hydrogens is 514 g/mol. The van der Waals surface area contributed by atoms with Crippen molar-refractivity contribution in [1.29, 1.82) is 0 Å². The first-order valence-electron chi connectivity index (χ1n) is 11.1. The van der Waals surface area contributed by atoms with Crippen LogP contribution in [0.4, 0.5) is 5.69 Å². The van der Waals surface area contributed by atoms with Gasteiger partial charge in [-0.15, -0.1) is 15.9 Å². The summed E-state index contributed by atoms with van der Waals surface area (Å²) in [6.45, 7) is 1.38. The van der Waals surface area contributed by atoms with Gasteiger partial charge < -0.3 is 9.84 Å². The molecule has 0 fully saturated rings. The number of anilines is 1. The molecule has 0 saturated heterocycles. The summed E-state index contributed by atoms with van der Waals surface area (Å²) in [6.07, 6.45) is 0. The van der Waals surface area contributed by atoms with Crippen LogP contribution in [0.3, 0.4) is 0 Å². The first kappa shape index (κ1) is 23.1. The van der Waals surface area contributed by atoms with E-state index in [1.807, 2.05) is 0 Å². The Balaban J connectivity index is 1.13. The Labute approximate surface area is 216 Å². The monoisotopic (exact) mass is 531 g/mol. The van der Waals surface area contributed by atoms with Crippen LogP contribution in [-0.4, -0.2) is 43.7 Å². The highest BCUT2D eigenvalue weighted by atomic mass is 32.2. The Morgan fingerprint density at radius 3 is 2.54 bits per heavy atom. The maximum Gasteiger partial charge on any atom is 0.287 e. The Bertz CT molecular complexity index is 1770. The fourth-order valence-corrected chi connectivity index (χ4v) is 6.05. The topological polar surface area (TPSA) is 127 Å². The van der Waals surface area contributed by atoms with Gasteiger partial charge in [-0.25, -0.2) is 9.97 Å². The predicted octanol–water partition coefficient (Wildman–Crippen LogP) is 3.73. The van der Waals surface area contributed by atoms with Crippen LogP contribution in [0.5, 0.6) is 0 Å². The summed E-state index contributed by atoms with van der Waals surface area (Å²) in [7, 11) is 0. The Morgan fingerprint density at radius 1 is 1.03 bits per heavy atom. The maximum absolute atomic E-state index is 12.6. The molecule has 0 atom stereocenters. The fourth-order valence-electron chi connectivity index (χ4n) is 4.05. The van der Waals surface area contributed by atoms with Crippen molar-refractivity contribution in [3.05, 3.63) is 87.5 Å². The van der Waals surface area contributed by atoms with E-state index in [0.717, 1.165) is 24.0 Å². The van der Waals surface area contributed by atoms with Crippen molar-refractivity contribution in [2.75, 3.05) is 11.9 Å². The van der Waals surface area contributed by atoms with Crippen LogP contribution in [0, 0.1) is 6.92 Å². The van der Waals surface area contributed by atoms with E-state index >= 15 is 0 Å². The van der Waals surface area contributed by atoms with E-state index in [9.17, 15) is 19.2 Å². The van der Waals surface area contributed by atoms with Crippen LogP contribution >= 0.6 is 23.1 Å². The molecule has 12 heteroatoms. The number of fused-ring (bicyclic) bond motifs is 3. The molecule has 1 aliphatic rings. The number of rotatable bonds is 6. The lowest BCUT2D eigenvalue weighted by Gasteiger charge is -2.13. The van der Waals surface area contributed by atoms with Gasteiger partial charge in [-0.2, -0.15) is 0 Å². The molecule has 3 amide bonds. The lowest BCUT2D eigenvalue weighted by molar-refractivity contribution is -0.116. The number of nitrogens with one attached hydrogen (secondary N) is 1. The van der Waals surface area contributed by atoms with Gasteiger partial charge in [0.25, 0.3) is 17.4 Å². The number of imide groups is 1. The van der Waals surface area contributed by atoms with E-state index in [0.29, 0.717) is 39.7 Å². The molecule has 0 aliphatic carbocycles. The van der Waals surface area contributed by atoms with E-state index in [-0.39, 0.29) is 12.1 Å². The molecule has 0 unspecified atom stereocenters. The van der Waals surface area contributed by atoms with Gasteiger partial charge in [-0.1, -0.05) is 23.9 Å². The van der Waals surface area contributed by atoms with Gasteiger partial charge in [-0.3, -0.25) is 24.1 Å². The minimum atomic E-state index is -0.477. The van der Waals surface area contributed by atoms with Gasteiger partial charge in [0.2, 0.25) is 5.91 Å². The van der Waals surface area contributed by atoms with Gasteiger partial charge >= 0.3 is 0 Å². The Morgan fingerprint density at radius 2 is 1.78 bits per heavy atom. The summed E-state index contributed by atoms with van der Waals surface area (Å²) < 4.78 is 8.12. The van der Waals surface area contributed by atoms with Crippen molar-refractivity contribution in [2.24, 2.45) is 0 Å². The quantitative estimate of drug-likeness (QED) is 0.259. The van der Waals surface area contributed by atoms with Crippen LogP contribution in [0.1, 0.15) is 32.2 Å². The minimum absolute atomic E-state index is 0.278. The van der Waals surface area contributed by atoms with Crippen LogP contribution < -0.4 is 10.9 Å². The standard InChI is InChI=1S/C25H17N5O5S2/c1-13-8-20-26-15(10-22(32)30(20)35-13)12-36-25-28-18-7-6-14(9-19(18)37-25)27-21(31)11-29-23(33)16-4-2-3-5-17(16)24(29)34/h2-10H,11-12H2,1H3,(H,27,31). The summed E-state index contributed by atoms with van der Waals surface area (Å²) in [5.41, 5.74) is 2.71. The molecule has 2 aromatic carbocycles. The van der Waals surface area contributed by atoms with Crippen molar-refractivity contribution in [2.45, 2.75) is 17.0 Å². The van der Waals surface area contributed by atoms with Crippen molar-refractivity contribution in [3.8, 4) is 0 Å². The van der Waals surface area contributed by atoms with Gasteiger partial charge in [-0.05, 0) is 37.3 Å². The second-order valence-electron chi connectivity index (χ2n) is 8.33. The molecule has 5 aromatic rings. The fraction of sp³-hybridized carbons (Fsp3) is 0.120. The van der Waals surface area contributed by atoms with E-state index in [4.69, 9.17) is 4.52 Å². The smallest absolute Gasteiger partial charge is 0.287 e. The highest BCUT2D eigenvalue weighted by Crippen LogP contribution is 2.33. The van der Waals surface area contributed by atoms with Crippen molar-refractivity contribution in [1.82, 2.24) is 19.4 Å². The number of hydrogen-bond donors (Lipinski definition) is 1. The molecule has 3 aromatic heterocycles. The predicted molar refractivity (Wildman–Crippen MR) is 138 cm³/mol. The SMILES string of the molecule is Cc1cc2nc(CSc3nc4ccc(NC(=O)CN5C(=O)c6ccccc6C5=O)cc4s3)cc(=O)n2o1. The number of thioether (sulfide) groups is 1. The number of thiazole rings is 1. The van der Waals surface area contributed by atoms with Crippen LogP contribution in [0.2, 0.25) is 0 Å². The van der Waals surface area contributed by atoms with Crippen molar-refractivity contribution >= 4 is 62.4 Å². The summed E-state index contributed by atoms with van der Waals surface area (Å²) in [6, 6.07) is 15.0. The molecule has 0 bridgehead atoms. The van der Waals surface area contributed by atoms with Crippen molar-refractivity contribution < 1.29 is 18.9 Å². The molecule has 4 heterocycles. The second kappa shape index (κ2) is 8.98. The molecule has 184 valence electrons. The zero-order chi connectivity index (χ0) is 25.7. The maximum atomic E-state index is 12.6. The molecule has 10 nitrogen and oxygen atoms in total. The molecule has 1 N–H and O–H groups in total. The third-order valence-corrected chi connectivity index (χ3v) is 7.89. The highest BCUT2D eigenvalue weighted by molar-refractivity contribution is 8.00. The lowest BCUT2D eigenvalue weighted by Crippen LogP contribution is -2.37. The molecule has 1 aliphatic heterocycles.